The van der Waals surface area contributed by atoms with E-state index in [1.54, 1.807) is 26.0 Å². The maximum Gasteiger partial charge on any atom is 0.241 e. The van der Waals surface area contributed by atoms with Crippen LogP contribution in [0, 0.1) is 0 Å². The number of hydrogen-bond acceptors (Lipinski definition) is 3. The Morgan fingerprint density at radius 3 is 2.74 bits per heavy atom. The van der Waals surface area contributed by atoms with E-state index < -0.39 is 0 Å². The molecule has 126 valence electrons. The van der Waals surface area contributed by atoms with Gasteiger partial charge in [0.15, 0.2) is 5.96 Å². The van der Waals surface area contributed by atoms with E-state index in [0.717, 1.165) is 17.7 Å². The quantitative estimate of drug-likeness (QED) is 0.655. The van der Waals surface area contributed by atoms with Crippen molar-refractivity contribution in [1.29, 1.82) is 0 Å². The third-order valence-corrected chi connectivity index (χ3v) is 3.82. The maximum absolute atomic E-state index is 11.7. The van der Waals surface area contributed by atoms with Gasteiger partial charge in [-0.1, -0.05) is 18.2 Å². The van der Waals surface area contributed by atoms with Gasteiger partial charge in [-0.05, 0) is 19.9 Å². The van der Waals surface area contributed by atoms with Crippen LogP contribution in [0.15, 0.2) is 29.3 Å². The molecule has 1 heterocycles. The predicted octanol–water partition coefficient (Wildman–Crippen LogP) is 1.54. The van der Waals surface area contributed by atoms with Crippen LogP contribution in [0.25, 0.3) is 0 Å². The van der Waals surface area contributed by atoms with E-state index in [1.807, 2.05) is 18.2 Å². The Labute approximate surface area is 137 Å². The molecule has 0 aliphatic carbocycles. The topological polar surface area (TPSA) is 66.0 Å². The number of benzene rings is 1. The predicted molar refractivity (Wildman–Crippen MR) is 91.7 cm³/mol. The molecule has 2 N–H and O–H groups in total. The fourth-order valence-electron chi connectivity index (χ4n) is 2.61. The first-order chi connectivity index (χ1) is 10.8. The first-order valence-electron chi connectivity index (χ1n) is 7.77. The van der Waals surface area contributed by atoms with Crippen LogP contribution in [0.3, 0.4) is 0 Å². The van der Waals surface area contributed by atoms with Gasteiger partial charge in [0.25, 0.3) is 0 Å². The lowest BCUT2D eigenvalue weighted by atomic mass is 9.90. The van der Waals surface area contributed by atoms with Gasteiger partial charge < -0.3 is 20.3 Å². The van der Waals surface area contributed by atoms with Crippen LogP contribution in [0.5, 0.6) is 5.75 Å². The Hall–Kier alpha value is -2.24. The van der Waals surface area contributed by atoms with Gasteiger partial charge in [-0.15, -0.1) is 0 Å². The van der Waals surface area contributed by atoms with Gasteiger partial charge in [0.2, 0.25) is 5.91 Å². The smallest absolute Gasteiger partial charge is 0.241 e. The second-order valence-electron chi connectivity index (χ2n) is 6.51. The molecule has 1 aromatic rings. The molecule has 0 radical (unpaired) electrons. The number of aliphatic imine (C=N–C) groups is 1. The van der Waals surface area contributed by atoms with Crippen molar-refractivity contribution in [2.45, 2.75) is 31.9 Å². The molecule has 6 heteroatoms. The van der Waals surface area contributed by atoms with Gasteiger partial charge in [-0.2, -0.15) is 0 Å². The summed E-state index contributed by atoms with van der Waals surface area (Å²) in [5.41, 5.74) is 0.846. The van der Waals surface area contributed by atoms with Crippen molar-refractivity contribution < 1.29 is 9.53 Å². The number of carbonyl (C=O) groups excluding carboxylic acids is 1. The first-order valence-corrected chi connectivity index (χ1v) is 7.77. The zero-order chi connectivity index (χ0) is 17.0. The van der Waals surface area contributed by atoms with E-state index >= 15 is 0 Å². The standard InChI is InChI=1S/C17H26N4O2/c1-17(2)10-13(12-8-6-7-9-14(12)23-17)20-16(18-3)19-11-15(22)21(4)5/h6-9,13H,10-11H2,1-5H3,(H2,18,19,20). The number of nitrogens with zero attached hydrogens (tertiary/aromatic N) is 2. The summed E-state index contributed by atoms with van der Waals surface area (Å²) in [4.78, 5) is 17.5. The van der Waals surface area contributed by atoms with E-state index in [9.17, 15) is 4.79 Å². The molecule has 23 heavy (non-hydrogen) atoms. The number of rotatable bonds is 3. The normalized spacial score (nSPS) is 19.3. The molecule has 0 bridgehead atoms. The highest BCUT2D eigenvalue weighted by Crippen LogP contribution is 2.39. The molecule has 6 nitrogen and oxygen atoms in total. The Morgan fingerprint density at radius 1 is 1.39 bits per heavy atom. The first kappa shape index (κ1) is 17.1. The number of hydrogen-bond donors (Lipinski definition) is 2. The number of amides is 1. The second kappa shape index (κ2) is 6.89. The molecular weight excluding hydrogens is 292 g/mol. The largest absolute Gasteiger partial charge is 0.487 e. The number of guanidine groups is 1. The van der Waals surface area contributed by atoms with Gasteiger partial charge >= 0.3 is 0 Å². The number of likely N-dealkylation sites (N-methyl/N-ethyl adjacent to an activating group) is 1. The van der Waals surface area contributed by atoms with Crippen molar-refractivity contribution in [2.24, 2.45) is 4.99 Å². The summed E-state index contributed by atoms with van der Waals surface area (Å²) >= 11 is 0. The number of nitrogens with one attached hydrogen (secondary N) is 2. The van der Waals surface area contributed by atoms with Gasteiger partial charge in [-0.3, -0.25) is 9.79 Å². The summed E-state index contributed by atoms with van der Waals surface area (Å²) in [7, 11) is 5.17. The number of ether oxygens (including phenoxy) is 1. The van der Waals surface area contributed by atoms with Crippen LogP contribution in [0.2, 0.25) is 0 Å². The third kappa shape index (κ3) is 4.37. The summed E-state index contributed by atoms with van der Waals surface area (Å²) in [6.45, 7) is 4.35. The van der Waals surface area contributed by atoms with Gasteiger partial charge in [0.05, 0.1) is 12.6 Å². The van der Waals surface area contributed by atoms with Gasteiger partial charge in [0, 0.05) is 33.1 Å². The van der Waals surface area contributed by atoms with Crippen molar-refractivity contribution in [3.63, 3.8) is 0 Å². The molecular formula is C17H26N4O2. The highest BCUT2D eigenvalue weighted by molar-refractivity contribution is 5.86. The molecule has 0 saturated carbocycles. The van der Waals surface area contributed by atoms with E-state index in [4.69, 9.17) is 4.74 Å². The third-order valence-electron chi connectivity index (χ3n) is 3.82. The van der Waals surface area contributed by atoms with Crippen molar-refractivity contribution in [2.75, 3.05) is 27.7 Å². The summed E-state index contributed by atoms with van der Waals surface area (Å²) in [5, 5.41) is 6.46. The Morgan fingerprint density at radius 2 is 2.09 bits per heavy atom. The van der Waals surface area contributed by atoms with Crippen LogP contribution >= 0.6 is 0 Å². The average Bonchev–Trinajstić information content (AvgIpc) is 2.49. The van der Waals surface area contributed by atoms with E-state index in [2.05, 4.69) is 35.5 Å². The number of carbonyl (C=O) groups is 1. The molecule has 0 spiro atoms. The monoisotopic (exact) mass is 318 g/mol. The van der Waals surface area contributed by atoms with Crippen LogP contribution in [0.1, 0.15) is 31.9 Å². The molecule has 1 aliphatic rings. The maximum atomic E-state index is 11.7. The summed E-state index contributed by atoms with van der Waals surface area (Å²) in [6, 6.07) is 8.09. The van der Waals surface area contributed by atoms with Crippen molar-refractivity contribution in [3.05, 3.63) is 29.8 Å². The fraction of sp³-hybridized carbons (Fsp3) is 0.529. The summed E-state index contributed by atoms with van der Waals surface area (Å²) in [5.74, 6) is 1.50. The molecule has 0 aromatic heterocycles. The van der Waals surface area contributed by atoms with Crippen molar-refractivity contribution >= 4 is 11.9 Å². The molecule has 1 aromatic carbocycles. The van der Waals surface area contributed by atoms with E-state index in [1.165, 1.54) is 0 Å². The molecule has 2 rings (SSSR count). The fourth-order valence-corrected chi connectivity index (χ4v) is 2.61. The molecule has 0 fully saturated rings. The molecule has 1 atom stereocenters. The SMILES string of the molecule is CN=C(NCC(=O)N(C)C)NC1CC(C)(C)Oc2ccccc21. The van der Waals surface area contributed by atoms with Gasteiger partial charge in [0.1, 0.15) is 11.4 Å². The minimum atomic E-state index is -0.260. The van der Waals surface area contributed by atoms with Crippen molar-refractivity contribution in [3.8, 4) is 5.75 Å². The molecule has 0 saturated heterocycles. The molecule has 1 unspecified atom stereocenters. The summed E-state index contributed by atoms with van der Waals surface area (Å²) < 4.78 is 6.03. The minimum Gasteiger partial charge on any atom is -0.487 e. The lowest BCUT2D eigenvalue weighted by Gasteiger charge is -2.38. The summed E-state index contributed by atoms with van der Waals surface area (Å²) in [6.07, 6.45) is 0.812. The molecule has 1 amide bonds. The van der Waals surface area contributed by atoms with Crippen molar-refractivity contribution in [1.82, 2.24) is 15.5 Å². The Kier molecular flexibility index (Phi) is 5.13. The van der Waals surface area contributed by atoms with E-state index in [-0.39, 0.29) is 24.1 Å². The Bertz CT molecular complexity index is 596. The van der Waals surface area contributed by atoms with E-state index in [0.29, 0.717) is 5.96 Å². The van der Waals surface area contributed by atoms with Crippen LogP contribution in [0.4, 0.5) is 0 Å². The number of para-hydroxylation sites is 1. The average molecular weight is 318 g/mol. The zero-order valence-electron chi connectivity index (χ0n) is 14.5. The lowest BCUT2D eigenvalue weighted by molar-refractivity contribution is -0.127. The molecule has 1 aliphatic heterocycles. The highest BCUT2D eigenvalue weighted by atomic mass is 16.5. The van der Waals surface area contributed by atoms with Crippen LogP contribution in [-0.4, -0.2) is 50.1 Å². The van der Waals surface area contributed by atoms with Crippen LogP contribution < -0.4 is 15.4 Å². The Balaban J connectivity index is 2.10. The van der Waals surface area contributed by atoms with Gasteiger partial charge in [-0.25, -0.2) is 0 Å². The highest BCUT2D eigenvalue weighted by Gasteiger charge is 2.33. The number of fused-ring (bicyclic) bond motifs is 1. The van der Waals surface area contributed by atoms with Crippen LogP contribution in [-0.2, 0) is 4.79 Å². The second-order valence-corrected chi connectivity index (χ2v) is 6.51. The minimum absolute atomic E-state index is 0.000609. The lowest BCUT2D eigenvalue weighted by Crippen LogP contribution is -2.47. The zero-order valence-corrected chi connectivity index (χ0v) is 14.5.